The first kappa shape index (κ1) is 37.6. The smallest absolute Gasteiger partial charge is 0.137 e. The van der Waals surface area contributed by atoms with Crippen molar-refractivity contribution < 1.29 is 4.42 Å². The van der Waals surface area contributed by atoms with Gasteiger partial charge in [0.25, 0.3) is 0 Å². The van der Waals surface area contributed by atoms with Gasteiger partial charge in [-0.05, 0) is 143 Å². The van der Waals surface area contributed by atoms with Gasteiger partial charge in [-0.15, -0.1) is 0 Å². The van der Waals surface area contributed by atoms with Gasteiger partial charge in [0.1, 0.15) is 11.2 Å². The molecule has 0 unspecified atom stereocenters. The van der Waals surface area contributed by atoms with E-state index in [1.54, 1.807) is 0 Å². The Morgan fingerprint density at radius 2 is 0.821 bits per heavy atom. The summed E-state index contributed by atoms with van der Waals surface area (Å²) in [5.74, 6) is 0. The van der Waals surface area contributed by atoms with Gasteiger partial charge >= 0.3 is 0 Å². The van der Waals surface area contributed by atoms with Crippen molar-refractivity contribution in [3.05, 3.63) is 271 Å². The Hall–Kier alpha value is -8.72. The molecule has 2 heteroatoms. The Bertz CT molecular complexity index is 3880. The average molecular weight is 852 g/mol. The zero-order valence-electron chi connectivity index (χ0n) is 36.5. The van der Waals surface area contributed by atoms with Gasteiger partial charge in [-0.2, -0.15) is 0 Å². The summed E-state index contributed by atoms with van der Waals surface area (Å²) in [7, 11) is 0. The molecule has 0 atom stereocenters. The van der Waals surface area contributed by atoms with Crippen LogP contribution in [0.3, 0.4) is 0 Å². The maximum atomic E-state index is 6.53. The zero-order valence-corrected chi connectivity index (χ0v) is 36.5. The molecular weight excluding hydrogens is 811 g/mol. The Kier molecular flexibility index (Phi) is 8.23. The van der Waals surface area contributed by atoms with Gasteiger partial charge in [0.05, 0.1) is 16.5 Å². The number of para-hydroxylation sites is 1. The predicted molar refractivity (Wildman–Crippen MR) is 279 cm³/mol. The molecule has 0 N–H and O–H groups in total. The van der Waals surface area contributed by atoms with Gasteiger partial charge in [0, 0.05) is 16.8 Å². The predicted octanol–water partition coefficient (Wildman–Crippen LogP) is 17.6. The van der Waals surface area contributed by atoms with E-state index >= 15 is 0 Å². The van der Waals surface area contributed by atoms with Gasteiger partial charge in [-0.1, -0.05) is 194 Å². The number of rotatable bonds is 6. The fraction of sp³-hybridized carbons (Fsp3) is 0.0154. The van der Waals surface area contributed by atoms with E-state index in [2.05, 4.69) is 248 Å². The minimum absolute atomic E-state index is 0.561. The molecule has 0 amide bonds. The number of hydrogen-bond acceptors (Lipinski definition) is 2. The van der Waals surface area contributed by atoms with Crippen LogP contribution in [-0.2, 0) is 5.41 Å². The summed E-state index contributed by atoms with van der Waals surface area (Å²) in [4.78, 5) is 2.44. The number of furan rings is 1. The third-order valence-electron chi connectivity index (χ3n) is 14.5. The standard InChI is InChI=1S/C65H41NO/c1-2-15-42(16-3-1)43-31-34-48(35-32-43)66(61-28-14-30-63-64(61)56-24-8-11-29-62(56)67-63)49-36-38-55-54-37-33-46(45-19-12-20-47(39-45)51-25-13-18-44-17-4-5-21-50(44)51)40-59(54)65(60(55)41-49)57-26-9-6-22-52(57)53-23-7-10-27-58(53)65/h1-41H. The number of nitrogens with zero attached hydrogens (tertiary/aromatic N) is 1. The molecule has 12 aromatic rings. The molecule has 11 aromatic carbocycles. The molecule has 2 aliphatic carbocycles. The second-order valence-electron chi connectivity index (χ2n) is 17.9. The molecule has 0 saturated carbocycles. The normalized spacial score (nSPS) is 12.9. The van der Waals surface area contributed by atoms with Gasteiger partial charge in [0.15, 0.2) is 0 Å². The molecule has 2 aliphatic rings. The zero-order chi connectivity index (χ0) is 44.1. The van der Waals surface area contributed by atoms with Crippen molar-refractivity contribution in [1.82, 2.24) is 0 Å². The lowest BCUT2D eigenvalue weighted by Crippen LogP contribution is -2.26. The lowest BCUT2D eigenvalue weighted by molar-refractivity contribution is 0.669. The van der Waals surface area contributed by atoms with E-state index < -0.39 is 5.41 Å². The van der Waals surface area contributed by atoms with Crippen LogP contribution in [0.5, 0.6) is 0 Å². The Morgan fingerprint density at radius 1 is 0.299 bits per heavy atom. The maximum absolute atomic E-state index is 6.53. The van der Waals surface area contributed by atoms with E-state index in [9.17, 15) is 0 Å². The van der Waals surface area contributed by atoms with E-state index in [4.69, 9.17) is 4.42 Å². The molecule has 0 saturated heterocycles. The Labute approximate surface area is 389 Å². The van der Waals surface area contributed by atoms with Crippen molar-refractivity contribution in [2.75, 3.05) is 4.90 Å². The molecule has 1 heterocycles. The number of anilines is 3. The van der Waals surface area contributed by atoms with E-state index in [-0.39, 0.29) is 0 Å². The first-order valence-electron chi connectivity index (χ1n) is 23.2. The SMILES string of the molecule is c1ccc(-c2ccc(N(c3ccc4c(c3)C3(c5ccccc5-c5ccccc53)c3cc(-c5cccc(-c6cccc7ccccc67)c5)ccc3-4)c3cccc4oc5ccccc5c34)cc2)cc1. The van der Waals surface area contributed by atoms with Crippen LogP contribution in [-0.4, -0.2) is 0 Å². The highest BCUT2D eigenvalue weighted by molar-refractivity contribution is 6.13. The summed E-state index contributed by atoms with van der Waals surface area (Å²) in [6.07, 6.45) is 0. The fourth-order valence-electron chi connectivity index (χ4n) is 11.6. The lowest BCUT2D eigenvalue weighted by Gasteiger charge is -2.32. The van der Waals surface area contributed by atoms with E-state index in [1.807, 2.05) is 6.07 Å². The third-order valence-corrected chi connectivity index (χ3v) is 14.5. The van der Waals surface area contributed by atoms with Crippen molar-refractivity contribution >= 4 is 49.8 Å². The van der Waals surface area contributed by atoms with Crippen LogP contribution in [0.15, 0.2) is 253 Å². The van der Waals surface area contributed by atoms with Gasteiger partial charge in [-0.25, -0.2) is 0 Å². The molecule has 312 valence electrons. The van der Waals surface area contributed by atoms with Crippen LogP contribution in [0.1, 0.15) is 22.3 Å². The van der Waals surface area contributed by atoms with Crippen LogP contribution in [0.25, 0.3) is 88.3 Å². The Balaban J connectivity index is 0.998. The molecular formula is C65H41NO. The summed E-state index contributed by atoms with van der Waals surface area (Å²) >= 11 is 0. The maximum Gasteiger partial charge on any atom is 0.137 e. The van der Waals surface area contributed by atoms with Crippen molar-refractivity contribution in [2.45, 2.75) is 5.41 Å². The fourth-order valence-corrected chi connectivity index (χ4v) is 11.6. The summed E-state index contributed by atoms with van der Waals surface area (Å²) < 4.78 is 6.53. The Morgan fingerprint density at radius 3 is 1.64 bits per heavy atom. The largest absolute Gasteiger partial charge is 0.456 e. The second-order valence-corrected chi connectivity index (χ2v) is 17.9. The molecule has 2 nitrogen and oxygen atoms in total. The highest BCUT2D eigenvalue weighted by atomic mass is 16.3. The van der Waals surface area contributed by atoms with Gasteiger partial charge < -0.3 is 9.32 Å². The molecule has 0 radical (unpaired) electrons. The highest BCUT2D eigenvalue weighted by Crippen LogP contribution is 2.64. The minimum atomic E-state index is -0.561. The summed E-state index contributed by atoms with van der Waals surface area (Å²) in [5.41, 5.74) is 22.0. The van der Waals surface area contributed by atoms with Crippen molar-refractivity contribution in [2.24, 2.45) is 0 Å². The second kappa shape index (κ2) is 14.7. The molecule has 0 fully saturated rings. The van der Waals surface area contributed by atoms with Crippen LogP contribution < -0.4 is 4.90 Å². The molecule has 1 spiro atoms. The van der Waals surface area contributed by atoms with Gasteiger partial charge in [-0.3, -0.25) is 0 Å². The van der Waals surface area contributed by atoms with Crippen molar-refractivity contribution in [1.29, 1.82) is 0 Å². The van der Waals surface area contributed by atoms with Crippen LogP contribution >= 0.6 is 0 Å². The first-order chi connectivity index (χ1) is 33.2. The van der Waals surface area contributed by atoms with Crippen LogP contribution in [0, 0.1) is 0 Å². The highest BCUT2D eigenvalue weighted by Gasteiger charge is 2.52. The number of benzene rings is 11. The lowest BCUT2D eigenvalue weighted by atomic mass is 9.70. The van der Waals surface area contributed by atoms with Crippen molar-refractivity contribution in [3.8, 4) is 55.6 Å². The molecule has 0 bridgehead atoms. The van der Waals surface area contributed by atoms with E-state index in [1.165, 1.54) is 88.7 Å². The molecule has 1 aromatic heterocycles. The quantitative estimate of drug-likeness (QED) is 0.166. The van der Waals surface area contributed by atoms with E-state index in [0.29, 0.717) is 0 Å². The summed E-state index contributed by atoms with van der Waals surface area (Å²) in [6, 6.07) is 91.4. The molecule has 67 heavy (non-hydrogen) atoms. The van der Waals surface area contributed by atoms with Crippen LogP contribution in [0.4, 0.5) is 17.1 Å². The topological polar surface area (TPSA) is 16.4 Å². The molecule has 0 aliphatic heterocycles. The van der Waals surface area contributed by atoms with Crippen molar-refractivity contribution in [3.63, 3.8) is 0 Å². The number of hydrogen-bond donors (Lipinski definition) is 0. The third kappa shape index (κ3) is 5.57. The van der Waals surface area contributed by atoms with Gasteiger partial charge in [0.2, 0.25) is 0 Å². The number of fused-ring (bicyclic) bond motifs is 14. The van der Waals surface area contributed by atoms with E-state index in [0.717, 1.165) is 39.0 Å². The summed E-state index contributed by atoms with van der Waals surface area (Å²) in [6.45, 7) is 0. The minimum Gasteiger partial charge on any atom is -0.456 e. The van der Waals surface area contributed by atoms with Crippen LogP contribution in [0.2, 0.25) is 0 Å². The summed E-state index contributed by atoms with van der Waals surface area (Å²) in [5, 5.41) is 4.70. The average Bonchev–Trinajstić information content (AvgIpc) is 4.03. The molecule has 14 rings (SSSR count). The monoisotopic (exact) mass is 851 g/mol. The first-order valence-corrected chi connectivity index (χ1v) is 23.2.